The zero-order valence-electron chi connectivity index (χ0n) is 17.1. The Bertz CT molecular complexity index is 724. The summed E-state index contributed by atoms with van der Waals surface area (Å²) in [7, 11) is 1.83. The van der Waals surface area contributed by atoms with Gasteiger partial charge in [0.25, 0.3) is 0 Å². The van der Waals surface area contributed by atoms with Crippen molar-refractivity contribution in [1.29, 1.82) is 0 Å². The van der Waals surface area contributed by atoms with Crippen LogP contribution in [0.25, 0.3) is 0 Å². The summed E-state index contributed by atoms with van der Waals surface area (Å²) >= 11 is 1.82. The molecule has 2 N–H and O–H groups in total. The van der Waals surface area contributed by atoms with Crippen LogP contribution >= 0.6 is 11.3 Å². The molecule has 0 bridgehead atoms. The summed E-state index contributed by atoms with van der Waals surface area (Å²) in [6, 6.07) is 13.5. The van der Waals surface area contributed by atoms with Crippen LogP contribution in [0.15, 0.2) is 46.8 Å². The zero-order valence-corrected chi connectivity index (χ0v) is 18.0. The molecule has 6 heteroatoms. The minimum absolute atomic E-state index is 0.344. The smallest absolute Gasteiger partial charge is 0.191 e. The van der Waals surface area contributed by atoms with Gasteiger partial charge in [0.1, 0.15) is 0 Å². The van der Waals surface area contributed by atoms with Crippen LogP contribution in [0, 0.1) is 6.92 Å². The highest BCUT2D eigenvalue weighted by Crippen LogP contribution is 2.25. The number of benzene rings is 1. The van der Waals surface area contributed by atoms with Gasteiger partial charge in [-0.2, -0.15) is 0 Å². The summed E-state index contributed by atoms with van der Waals surface area (Å²) < 4.78 is 5.53. The first-order valence-corrected chi connectivity index (χ1v) is 10.9. The maximum atomic E-state index is 5.53. The van der Waals surface area contributed by atoms with Crippen LogP contribution < -0.4 is 10.6 Å². The highest BCUT2D eigenvalue weighted by Gasteiger charge is 2.23. The predicted molar refractivity (Wildman–Crippen MR) is 118 cm³/mol. The third kappa shape index (κ3) is 5.80. The van der Waals surface area contributed by atoms with Crippen LogP contribution in [0.1, 0.15) is 34.9 Å². The predicted octanol–water partition coefficient (Wildman–Crippen LogP) is 3.40. The van der Waals surface area contributed by atoms with Crippen molar-refractivity contribution in [2.45, 2.75) is 25.8 Å². The summed E-state index contributed by atoms with van der Waals surface area (Å²) in [5.41, 5.74) is 2.64. The van der Waals surface area contributed by atoms with E-state index in [-0.39, 0.29) is 0 Å². The molecular formula is C22H32N4OS. The van der Waals surface area contributed by atoms with Crippen molar-refractivity contribution < 1.29 is 4.74 Å². The fraction of sp³-hybridized carbons (Fsp3) is 0.500. The van der Waals surface area contributed by atoms with Crippen molar-refractivity contribution in [3.8, 4) is 0 Å². The lowest BCUT2D eigenvalue weighted by atomic mass is 10.0. The monoisotopic (exact) mass is 400 g/mol. The van der Waals surface area contributed by atoms with Gasteiger partial charge in [-0.05, 0) is 29.9 Å². The molecule has 2 atom stereocenters. The van der Waals surface area contributed by atoms with E-state index in [2.05, 4.69) is 76.2 Å². The van der Waals surface area contributed by atoms with Gasteiger partial charge in [0, 0.05) is 38.1 Å². The van der Waals surface area contributed by atoms with E-state index in [9.17, 15) is 0 Å². The van der Waals surface area contributed by atoms with Gasteiger partial charge in [0.05, 0.1) is 19.3 Å². The summed E-state index contributed by atoms with van der Waals surface area (Å²) in [4.78, 5) is 8.31. The Morgan fingerprint density at radius 2 is 1.86 bits per heavy atom. The average Bonchev–Trinajstić information content (AvgIpc) is 3.26. The van der Waals surface area contributed by atoms with Crippen LogP contribution in [-0.2, 0) is 4.74 Å². The highest BCUT2D eigenvalue weighted by atomic mass is 32.1. The highest BCUT2D eigenvalue weighted by molar-refractivity contribution is 7.10. The lowest BCUT2D eigenvalue weighted by Gasteiger charge is -2.34. The first-order valence-electron chi connectivity index (χ1n) is 10.0. The van der Waals surface area contributed by atoms with Crippen molar-refractivity contribution >= 4 is 17.3 Å². The summed E-state index contributed by atoms with van der Waals surface area (Å²) in [5, 5.41) is 9.17. The van der Waals surface area contributed by atoms with Gasteiger partial charge in [0.15, 0.2) is 5.96 Å². The summed E-state index contributed by atoms with van der Waals surface area (Å²) in [6.45, 7) is 9.61. The number of aryl methyl sites for hydroxylation is 1. The van der Waals surface area contributed by atoms with Gasteiger partial charge in [-0.15, -0.1) is 11.3 Å². The van der Waals surface area contributed by atoms with E-state index < -0.39 is 0 Å². The number of ether oxygens (including phenoxy) is 1. The van der Waals surface area contributed by atoms with E-state index in [0.29, 0.717) is 12.0 Å². The Morgan fingerprint density at radius 1 is 1.14 bits per heavy atom. The average molecular weight is 401 g/mol. The van der Waals surface area contributed by atoms with Crippen LogP contribution in [0.4, 0.5) is 0 Å². The molecule has 0 radical (unpaired) electrons. The molecule has 1 saturated heterocycles. The molecule has 1 aromatic carbocycles. The number of guanidine groups is 1. The second kappa shape index (κ2) is 10.6. The summed E-state index contributed by atoms with van der Waals surface area (Å²) in [5.74, 6) is 1.28. The van der Waals surface area contributed by atoms with Crippen molar-refractivity contribution in [3.63, 3.8) is 0 Å². The van der Waals surface area contributed by atoms with E-state index in [0.717, 1.165) is 45.4 Å². The Morgan fingerprint density at radius 3 is 2.50 bits per heavy atom. The molecule has 1 aliphatic heterocycles. The molecule has 2 aromatic rings. The number of aliphatic imine (C=N–C) groups is 1. The Balaban J connectivity index is 1.54. The van der Waals surface area contributed by atoms with E-state index in [1.165, 1.54) is 16.0 Å². The summed E-state index contributed by atoms with van der Waals surface area (Å²) in [6.07, 6.45) is 0. The quantitative estimate of drug-likeness (QED) is 0.552. The molecule has 1 fully saturated rings. The van der Waals surface area contributed by atoms with Crippen molar-refractivity contribution in [3.05, 3.63) is 57.8 Å². The molecular weight excluding hydrogens is 368 g/mol. The van der Waals surface area contributed by atoms with Gasteiger partial charge in [-0.3, -0.25) is 9.89 Å². The molecule has 28 heavy (non-hydrogen) atoms. The molecule has 0 spiro atoms. The van der Waals surface area contributed by atoms with Crippen LogP contribution in [0.3, 0.4) is 0 Å². The second-order valence-electron chi connectivity index (χ2n) is 7.33. The van der Waals surface area contributed by atoms with Gasteiger partial charge < -0.3 is 15.4 Å². The molecule has 0 amide bonds. The van der Waals surface area contributed by atoms with Gasteiger partial charge in [-0.25, -0.2) is 0 Å². The van der Waals surface area contributed by atoms with Gasteiger partial charge >= 0.3 is 0 Å². The number of thiophene rings is 1. The number of hydrogen-bond acceptors (Lipinski definition) is 4. The number of rotatable bonds is 7. The first kappa shape index (κ1) is 20.8. The lowest BCUT2D eigenvalue weighted by molar-refractivity contribution is 0.0177. The molecule has 1 aliphatic rings. The Labute approximate surface area is 172 Å². The second-order valence-corrected chi connectivity index (χ2v) is 8.30. The minimum atomic E-state index is 0.344. The fourth-order valence-corrected chi connectivity index (χ4v) is 4.32. The van der Waals surface area contributed by atoms with Crippen LogP contribution in [0.5, 0.6) is 0 Å². The third-order valence-corrected chi connectivity index (χ3v) is 6.24. The normalized spacial score (nSPS) is 17.9. The molecule has 0 aliphatic carbocycles. The Kier molecular flexibility index (Phi) is 7.89. The number of nitrogens with zero attached hydrogens (tertiary/aromatic N) is 2. The SMILES string of the molecule is CN=C(NCC(C)c1ccc(C)cc1)NCC(c1cccs1)N1CCOCC1. The largest absolute Gasteiger partial charge is 0.379 e. The molecule has 152 valence electrons. The molecule has 3 rings (SSSR count). The van der Waals surface area contributed by atoms with Crippen LogP contribution in [0.2, 0.25) is 0 Å². The number of nitrogens with one attached hydrogen (secondary N) is 2. The van der Waals surface area contributed by atoms with E-state index >= 15 is 0 Å². The molecule has 2 unspecified atom stereocenters. The molecule has 5 nitrogen and oxygen atoms in total. The first-order chi connectivity index (χ1) is 13.7. The topological polar surface area (TPSA) is 48.9 Å². The lowest BCUT2D eigenvalue weighted by Crippen LogP contribution is -2.46. The standard InChI is InChI=1S/C22H32N4OS/c1-17-6-8-19(9-7-17)18(2)15-24-22(23-3)25-16-20(21-5-4-14-28-21)26-10-12-27-13-11-26/h4-9,14,18,20H,10-13,15-16H2,1-3H3,(H2,23,24,25). The van der Waals surface area contributed by atoms with Gasteiger partial charge in [0.2, 0.25) is 0 Å². The fourth-order valence-electron chi connectivity index (χ4n) is 3.46. The molecule has 0 saturated carbocycles. The number of hydrogen-bond donors (Lipinski definition) is 2. The maximum Gasteiger partial charge on any atom is 0.191 e. The van der Waals surface area contributed by atoms with Crippen LogP contribution in [-0.4, -0.2) is 57.3 Å². The number of morpholine rings is 1. The zero-order chi connectivity index (χ0) is 19.8. The molecule has 1 aromatic heterocycles. The molecule has 2 heterocycles. The van der Waals surface area contributed by atoms with E-state index in [4.69, 9.17) is 4.74 Å². The minimum Gasteiger partial charge on any atom is -0.379 e. The maximum absolute atomic E-state index is 5.53. The van der Waals surface area contributed by atoms with Crippen molar-refractivity contribution in [2.75, 3.05) is 46.4 Å². The Hall–Kier alpha value is -1.89. The van der Waals surface area contributed by atoms with Crippen molar-refractivity contribution in [2.24, 2.45) is 4.99 Å². The van der Waals surface area contributed by atoms with Crippen molar-refractivity contribution in [1.82, 2.24) is 15.5 Å². The third-order valence-electron chi connectivity index (χ3n) is 5.27. The van der Waals surface area contributed by atoms with E-state index in [1.807, 2.05) is 18.4 Å². The van der Waals surface area contributed by atoms with E-state index in [1.54, 1.807) is 0 Å². The van der Waals surface area contributed by atoms with Gasteiger partial charge in [-0.1, -0.05) is 42.8 Å².